The van der Waals surface area contributed by atoms with Crippen LogP contribution in [0.1, 0.15) is 24.2 Å². The summed E-state index contributed by atoms with van der Waals surface area (Å²) in [5, 5.41) is 7.32. The largest absolute Gasteiger partial charge is 0.375 e. The maximum absolute atomic E-state index is 11.5. The number of methoxy groups -OCH3 is 1. The Hall–Kier alpha value is -1.44. The fourth-order valence-corrected chi connectivity index (χ4v) is 3.97. The lowest BCUT2D eigenvalue weighted by molar-refractivity contribution is -0.138. The van der Waals surface area contributed by atoms with Gasteiger partial charge in [0.1, 0.15) is 6.61 Å². The van der Waals surface area contributed by atoms with Crippen molar-refractivity contribution in [3.05, 3.63) is 17.5 Å². The van der Waals surface area contributed by atoms with Crippen molar-refractivity contribution in [3.8, 4) is 0 Å². The van der Waals surface area contributed by atoms with Gasteiger partial charge in [0, 0.05) is 46.9 Å². The van der Waals surface area contributed by atoms with Gasteiger partial charge in [-0.2, -0.15) is 5.10 Å². The van der Waals surface area contributed by atoms with Crippen molar-refractivity contribution >= 4 is 5.91 Å². The average molecular weight is 336 g/mol. The SMILES string of the molecule is COCC(=O)NCC[C@H]1CCOC12CN(Cc1cc(C)nn1C)C2. The number of carbonyl (C=O) groups excluding carboxylic acids is 1. The monoisotopic (exact) mass is 336 g/mol. The van der Waals surface area contributed by atoms with Crippen LogP contribution >= 0.6 is 0 Å². The smallest absolute Gasteiger partial charge is 0.245 e. The van der Waals surface area contributed by atoms with E-state index in [4.69, 9.17) is 9.47 Å². The highest BCUT2D eigenvalue weighted by Crippen LogP contribution is 2.41. The van der Waals surface area contributed by atoms with E-state index in [-0.39, 0.29) is 18.1 Å². The number of likely N-dealkylation sites (tertiary alicyclic amines) is 1. The Balaban J connectivity index is 1.46. The molecule has 7 nitrogen and oxygen atoms in total. The molecule has 24 heavy (non-hydrogen) atoms. The van der Waals surface area contributed by atoms with E-state index in [1.165, 1.54) is 12.8 Å². The quantitative estimate of drug-likeness (QED) is 0.784. The third kappa shape index (κ3) is 3.63. The van der Waals surface area contributed by atoms with Crippen molar-refractivity contribution in [3.63, 3.8) is 0 Å². The Bertz CT molecular complexity index is 580. The molecule has 1 amide bonds. The van der Waals surface area contributed by atoms with Gasteiger partial charge >= 0.3 is 0 Å². The van der Waals surface area contributed by atoms with Crippen LogP contribution in [0.25, 0.3) is 0 Å². The van der Waals surface area contributed by atoms with Crippen molar-refractivity contribution < 1.29 is 14.3 Å². The Labute approximate surface area is 143 Å². The van der Waals surface area contributed by atoms with Crippen LogP contribution in [-0.4, -0.2) is 66.1 Å². The number of nitrogens with zero attached hydrogens (tertiary/aromatic N) is 3. The summed E-state index contributed by atoms with van der Waals surface area (Å²) in [6.07, 6.45) is 2.05. The minimum atomic E-state index is -0.0488. The van der Waals surface area contributed by atoms with Crippen molar-refractivity contribution in [2.75, 3.05) is 40.0 Å². The first kappa shape index (κ1) is 17.4. The average Bonchev–Trinajstić information content (AvgIpc) is 3.03. The third-order valence-corrected chi connectivity index (χ3v) is 5.16. The number of aryl methyl sites for hydroxylation is 2. The first-order valence-corrected chi connectivity index (χ1v) is 8.64. The molecule has 0 aromatic carbocycles. The Morgan fingerprint density at radius 1 is 1.54 bits per heavy atom. The number of carbonyl (C=O) groups is 1. The lowest BCUT2D eigenvalue weighted by atomic mass is 9.79. The van der Waals surface area contributed by atoms with E-state index in [2.05, 4.69) is 21.4 Å². The van der Waals surface area contributed by atoms with Gasteiger partial charge in [-0.15, -0.1) is 0 Å². The van der Waals surface area contributed by atoms with Crippen LogP contribution < -0.4 is 5.32 Å². The molecule has 3 rings (SSSR count). The molecule has 1 atom stereocenters. The summed E-state index contributed by atoms with van der Waals surface area (Å²) in [6, 6.07) is 2.14. The Kier molecular flexibility index (Phi) is 5.22. The summed E-state index contributed by atoms with van der Waals surface area (Å²) in [5.74, 6) is 0.470. The van der Waals surface area contributed by atoms with Gasteiger partial charge in [0.15, 0.2) is 0 Å². The van der Waals surface area contributed by atoms with E-state index in [0.29, 0.717) is 12.5 Å². The molecule has 1 aromatic rings. The number of hydrogen-bond donors (Lipinski definition) is 1. The second-order valence-electron chi connectivity index (χ2n) is 7.02. The standard InChI is InChI=1S/C17H28N4O3/c1-13-8-15(20(2)19-13)9-21-11-17(12-21)14(5-7-24-17)4-6-18-16(22)10-23-3/h8,14H,4-7,9-12H2,1-3H3,(H,18,22)/t14-/m0/s1. The molecule has 2 aliphatic heterocycles. The first-order chi connectivity index (χ1) is 11.5. The van der Waals surface area contributed by atoms with Gasteiger partial charge in [-0.1, -0.05) is 0 Å². The number of rotatable bonds is 7. The Morgan fingerprint density at radius 2 is 2.33 bits per heavy atom. The molecule has 0 bridgehead atoms. The van der Waals surface area contributed by atoms with Crippen LogP contribution in [-0.2, 0) is 27.9 Å². The number of amides is 1. The highest BCUT2D eigenvalue weighted by atomic mass is 16.5. The van der Waals surface area contributed by atoms with Gasteiger partial charge < -0.3 is 14.8 Å². The van der Waals surface area contributed by atoms with Gasteiger partial charge in [-0.05, 0) is 31.7 Å². The van der Waals surface area contributed by atoms with Crippen LogP contribution in [0, 0.1) is 12.8 Å². The molecule has 0 unspecified atom stereocenters. The highest BCUT2D eigenvalue weighted by Gasteiger charge is 2.52. The summed E-state index contributed by atoms with van der Waals surface area (Å²) in [4.78, 5) is 13.9. The van der Waals surface area contributed by atoms with Gasteiger partial charge in [-0.3, -0.25) is 14.4 Å². The van der Waals surface area contributed by atoms with Crippen molar-refractivity contribution in [1.82, 2.24) is 20.0 Å². The van der Waals surface area contributed by atoms with E-state index in [1.54, 1.807) is 0 Å². The van der Waals surface area contributed by atoms with Gasteiger partial charge in [0.2, 0.25) is 5.91 Å². The maximum Gasteiger partial charge on any atom is 0.245 e. The molecule has 2 saturated heterocycles. The van der Waals surface area contributed by atoms with E-state index in [0.717, 1.165) is 44.8 Å². The van der Waals surface area contributed by atoms with E-state index in [9.17, 15) is 4.79 Å². The zero-order valence-corrected chi connectivity index (χ0v) is 14.9. The van der Waals surface area contributed by atoms with Crippen LogP contribution in [0.4, 0.5) is 0 Å². The zero-order valence-electron chi connectivity index (χ0n) is 14.9. The Morgan fingerprint density at radius 3 is 3.00 bits per heavy atom. The lowest BCUT2D eigenvalue weighted by Crippen LogP contribution is -2.64. The second-order valence-corrected chi connectivity index (χ2v) is 7.02. The molecule has 1 spiro atoms. The number of nitrogens with one attached hydrogen (secondary N) is 1. The third-order valence-electron chi connectivity index (χ3n) is 5.16. The first-order valence-electron chi connectivity index (χ1n) is 8.64. The normalized spacial score (nSPS) is 22.7. The molecule has 0 radical (unpaired) electrons. The summed E-state index contributed by atoms with van der Waals surface area (Å²) < 4.78 is 12.9. The zero-order chi connectivity index (χ0) is 17.2. The molecular formula is C17H28N4O3. The van der Waals surface area contributed by atoms with Gasteiger partial charge in [-0.25, -0.2) is 0 Å². The molecule has 3 heterocycles. The van der Waals surface area contributed by atoms with E-state index >= 15 is 0 Å². The second kappa shape index (κ2) is 7.21. The maximum atomic E-state index is 11.5. The molecule has 1 aromatic heterocycles. The topological polar surface area (TPSA) is 68.6 Å². The minimum absolute atomic E-state index is 0.0143. The van der Waals surface area contributed by atoms with Crippen molar-refractivity contribution in [2.24, 2.45) is 13.0 Å². The molecule has 7 heteroatoms. The minimum Gasteiger partial charge on any atom is -0.375 e. The molecule has 1 N–H and O–H groups in total. The number of ether oxygens (including phenoxy) is 2. The molecule has 0 aliphatic carbocycles. The molecular weight excluding hydrogens is 308 g/mol. The van der Waals surface area contributed by atoms with Gasteiger partial charge in [0.05, 0.1) is 17.0 Å². The number of aromatic nitrogens is 2. The van der Waals surface area contributed by atoms with E-state index < -0.39 is 0 Å². The summed E-state index contributed by atoms with van der Waals surface area (Å²) in [7, 11) is 3.53. The van der Waals surface area contributed by atoms with Crippen LogP contribution in [0.5, 0.6) is 0 Å². The van der Waals surface area contributed by atoms with Crippen LogP contribution in [0.15, 0.2) is 6.07 Å². The predicted molar refractivity (Wildman–Crippen MR) is 89.5 cm³/mol. The molecule has 0 saturated carbocycles. The van der Waals surface area contributed by atoms with E-state index in [1.807, 2.05) is 18.7 Å². The molecule has 134 valence electrons. The molecule has 2 aliphatic rings. The van der Waals surface area contributed by atoms with Crippen molar-refractivity contribution in [2.45, 2.75) is 31.9 Å². The van der Waals surface area contributed by atoms with Crippen LogP contribution in [0.3, 0.4) is 0 Å². The predicted octanol–water partition coefficient (Wildman–Crippen LogP) is 0.472. The summed E-state index contributed by atoms with van der Waals surface area (Å²) >= 11 is 0. The lowest BCUT2D eigenvalue weighted by Gasteiger charge is -2.50. The molecule has 2 fully saturated rings. The van der Waals surface area contributed by atoms with Crippen molar-refractivity contribution in [1.29, 1.82) is 0 Å². The fourth-order valence-electron chi connectivity index (χ4n) is 3.97. The van der Waals surface area contributed by atoms with Gasteiger partial charge in [0.25, 0.3) is 0 Å². The van der Waals surface area contributed by atoms with Crippen LogP contribution in [0.2, 0.25) is 0 Å². The summed E-state index contributed by atoms with van der Waals surface area (Å²) in [6.45, 7) is 6.52. The number of hydrogen-bond acceptors (Lipinski definition) is 5. The summed E-state index contributed by atoms with van der Waals surface area (Å²) in [5.41, 5.74) is 2.29. The highest BCUT2D eigenvalue weighted by molar-refractivity contribution is 5.77. The fraction of sp³-hybridized carbons (Fsp3) is 0.765.